The fraction of sp³-hybridized carbons (Fsp3) is 0.407. The van der Waals surface area contributed by atoms with Crippen molar-refractivity contribution in [1.29, 1.82) is 0 Å². The monoisotopic (exact) mass is 516 g/mol. The first-order valence-corrected chi connectivity index (χ1v) is 13.1. The van der Waals surface area contributed by atoms with E-state index >= 15 is 4.39 Å². The lowest BCUT2D eigenvalue weighted by atomic mass is 10.0. The number of likely N-dealkylation sites (tertiary alicyclic amines) is 1. The van der Waals surface area contributed by atoms with E-state index in [9.17, 15) is 4.79 Å². The number of hydrogen-bond acceptors (Lipinski definition) is 9. The first kappa shape index (κ1) is 23.2. The largest absolute Gasteiger partial charge is 0.417 e. The molecule has 0 spiro atoms. The molecule has 0 amide bonds. The molecule has 1 aliphatic carbocycles. The molecule has 2 unspecified atom stereocenters. The van der Waals surface area contributed by atoms with Gasteiger partial charge in [0.2, 0.25) is 5.95 Å². The first-order chi connectivity index (χ1) is 18.5. The number of H-pyrrole nitrogens is 1. The van der Waals surface area contributed by atoms with E-state index in [1.54, 1.807) is 30.6 Å². The number of fused-ring (bicyclic) bond motifs is 2. The molecule has 3 aliphatic rings. The summed E-state index contributed by atoms with van der Waals surface area (Å²) in [6.07, 6.45) is 6.07. The summed E-state index contributed by atoms with van der Waals surface area (Å²) in [7, 11) is 0. The van der Waals surface area contributed by atoms with Crippen LogP contribution in [0.15, 0.2) is 45.9 Å². The second-order valence-corrected chi connectivity index (χ2v) is 10.8. The first-order valence-electron chi connectivity index (χ1n) is 13.1. The highest BCUT2D eigenvalue weighted by Gasteiger charge is 2.42. The van der Waals surface area contributed by atoms with Crippen LogP contribution in [0.2, 0.25) is 0 Å². The smallest absolute Gasteiger partial charge is 0.408 e. The van der Waals surface area contributed by atoms with Crippen molar-refractivity contribution in [2.24, 2.45) is 17.8 Å². The van der Waals surface area contributed by atoms with Crippen molar-refractivity contribution in [1.82, 2.24) is 24.8 Å². The minimum atomic E-state index is -0.503. The molecule has 5 heterocycles. The van der Waals surface area contributed by atoms with Crippen LogP contribution in [0.5, 0.6) is 0 Å². The van der Waals surface area contributed by atoms with Gasteiger partial charge in [-0.2, -0.15) is 4.98 Å². The van der Waals surface area contributed by atoms with Gasteiger partial charge in [-0.05, 0) is 55.7 Å². The van der Waals surface area contributed by atoms with Gasteiger partial charge < -0.3 is 24.9 Å². The molecule has 1 aromatic carbocycles. The highest BCUT2D eigenvalue weighted by Crippen LogP contribution is 2.37. The lowest BCUT2D eigenvalue weighted by molar-refractivity contribution is 0.303. The number of halogens is 1. The quantitative estimate of drug-likeness (QED) is 0.335. The second-order valence-electron chi connectivity index (χ2n) is 10.8. The van der Waals surface area contributed by atoms with Crippen molar-refractivity contribution in [3.63, 3.8) is 0 Å². The Morgan fingerprint density at radius 3 is 2.63 bits per heavy atom. The highest BCUT2D eigenvalue weighted by atomic mass is 19.1. The maximum Gasteiger partial charge on any atom is 0.417 e. The van der Waals surface area contributed by atoms with Crippen LogP contribution in [0.4, 0.5) is 33.3 Å². The topological polar surface area (TPSA) is 115 Å². The van der Waals surface area contributed by atoms with E-state index in [-0.39, 0.29) is 5.82 Å². The number of nitrogens with one attached hydrogen (secondary N) is 3. The van der Waals surface area contributed by atoms with Gasteiger partial charge in [0.05, 0.1) is 17.4 Å². The SMILES string of the molecule is Cc1cnc(Nc2cnc(N3CC4CN(CC5CC5)CC4C3)c(F)c2)nc1Nc1ccc2oc(=O)[nH]c2c1. The van der Waals surface area contributed by atoms with Crippen LogP contribution in [0.3, 0.4) is 0 Å². The summed E-state index contributed by atoms with van der Waals surface area (Å²) in [6, 6.07) is 6.72. The van der Waals surface area contributed by atoms with Crippen LogP contribution in [0, 0.1) is 30.5 Å². The molecule has 10 nitrogen and oxygen atoms in total. The molecule has 11 heteroatoms. The molecule has 4 aromatic rings. The molecule has 0 radical (unpaired) electrons. The number of aromatic amines is 1. The Kier molecular flexibility index (Phi) is 5.54. The Morgan fingerprint density at radius 2 is 1.87 bits per heavy atom. The molecular weight excluding hydrogens is 487 g/mol. The molecule has 3 N–H and O–H groups in total. The van der Waals surface area contributed by atoms with Gasteiger partial charge in [0.15, 0.2) is 17.2 Å². The average Bonchev–Trinajstić information content (AvgIpc) is 3.31. The van der Waals surface area contributed by atoms with E-state index in [0.29, 0.717) is 46.2 Å². The number of benzene rings is 1. The van der Waals surface area contributed by atoms with Crippen molar-refractivity contribution in [3.8, 4) is 0 Å². The minimum Gasteiger partial charge on any atom is -0.408 e. The van der Waals surface area contributed by atoms with Crippen molar-refractivity contribution in [2.75, 3.05) is 48.3 Å². The lowest BCUT2D eigenvalue weighted by Crippen LogP contribution is -2.30. The van der Waals surface area contributed by atoms with Gasteiger partial charge in [0, 0.05) is 56.2 Å². The van der Waals surface area contributed by atoms with Gasteiger partial charge in [0.1, 0.15) is 5.82 Å². The number of oxazole rings is 1. The van der Waals surface area contributed by atoms with E-state index in [2.05, 4.69) is 40.4 Å². The predicted molar refractivity (Wildman–Crippen MR) is 143 cm³/mol. The third kappa shape index (κ3) is 4.58. The molecule has 7 rings (SSSR count). The molecule has 3 fully saturated rings. The number of rotatable bonds is 7. The summed E-state index contributed by atoms with van der Waals surface area (Å²) in [5.41, 5.74) is 3.10. The van der Waals surface area contributed by atoms with Crippen LogP contribution in [0.25, 0.3) is 11.1 Å². The van der Waals surface area contributed by atoms with Crippen LogP contribution in [-0.4, -0.2) is 57.6 Å². The fourth-order valence-corrected chi connectivity index (χ4v) is 5.73. The lowest BCUT2D eigenvalue weighted by Gasteiger charge is -2.22. The third-order valence-electron chi connectivity index (χ3n) is 7.81. The Balaban J connectivity index is 1.02. The van der Waals surface area contributed by atoms with Gasteiger partial charge in [-0.15, -0.1) is 0 Å². The Bertz CT molecular complexity index is 1550. The number of nitrogens with zero attached hydrogens (tertiary/aromatic N) is 5. The zero-order valence-corrected chi connectivity index (χ0v) is 21.1. The second kappa shape index (κ2) is 9.09. The molecule has 196 valence electrons. The van der Waals surface area contributed by atoms with Gasteiger partial charge in [0.25, 0.3) is 0 Å². The van der Waals surface area contributed by atoms with Gasteiger partial charge in [-0.1, -0.05) is 0 Å². The number of aromatic nitrogens is 4. The maximum absolute atomic E-state index is 15.2. The average molecular weight is 517 g/mol. The van der Waals surface area contributed by atoms with E-state index < -0.39 is 5.76 Å². The summed E-state index contributed by atoms with van der Waals surface area (Å²) in [6.45, 7) is 7.08. The van der Waals surface area contributed by atoms with Gasteiger partial charge >= 0.3 is 5.76 Å². The predicted octanol–water partition coefficient (Wildman–Crippen LogP) is 4.02. The van der Waals surface area contributed by atoms with Crippen LogP contribution >= 0.6 is 0 Å². The van der Waals surface area contributed by atoms with Crippen molar-refractivity contribution < 1.29 is 8.81 Å². The molecule has 1 saturated carbocycles. The summed E-state index contributed by atoms with van der Waals surface area (Å²) < 4.78 is 20.2. The molecule has 3 aromatic heterocycles. The van der Waals surface area contributed by atoms with Crippen molar-refractivity contribution in [2.45, 2.75) is 19.8 Å². The van der Waals surface area contributed by atoms with Gasteiger partial charge in [-0.3, -0.25) is 4.98 Å². The number of anilines is 5. The molecule has 2 atom stereocenters. The summed E-state index contributed by atoms with van der Waals surface area (Å²) in [5, 5.41) is 6.31. The van der Waals surface area contributed by atoms with Crippen LogP contribution in [-0.2, 0) is 0 Å². The normalized spacial score (nSPS) is 21.3. The van der Waals surface area contributed by atoms with Crippen LogP contribution < -0.4 is 21.3 Å². The molecular formula is C27H29FN8O2. The van der Waals surface area contributed by atoms with Crippen LogP contribution in [0.1, 0.15) is 18.4 Å². The zero-order valence-electron chi connectivity index (χ0n) is 21.1. The number of aryl methyl sites for hydroxylation is 1. The van der Waals surface area contributed by atoms with E-state index in [1.807, 2.05) is 6.92 Å². The number of pyridine rings is 1. The molecule has 2 aliphatic heterocycles. The highest BCUT2D eigenvalue weighted by molar-refractivity contribution is 5.78. The van der Waals surface area contributed by atoms with E-state index in [0.717, 1.165) is 43.3 Å². The van der Waals surface area contributed by atoms with E-state index in [4.69, 9.17) is 4.42 Å². The summed E-state index contributed by atoms with van der Waals surface area (Å²) >= 11 is 0. The Hall–Kier alpha value is -3.99. The summed E-state index contributed by atoms with van der Waals surface area (Å²) in [4.78, 5) is 32.1. The maximum atomic E-state index is 15.2. The Morgan fingerprint density at radius 1 is 1.05 bits per heavy atom. The van der Waals surface area contributed by atoms with Crippen molar-refractivity contribution in [3.05, 3.63) is 58.6 Å². The zero-order chi connectivity index (χ0) is 25.8. The van der Waals surface area contributed by atoms with Crippen molar-refractivity contribution >= 4 is 40.1 Å². The standard InChI is InChI=1S/C27H29FN8O2/c1-15-8-30-26(34-24(15)31-19-4-5-23-22(7-19)33-27(37)38-23)32-20-6-21(28)25(29-9-20)36-13-17-11-35(10-16-2-3-16)12-18(17)14-36/h4-9,16-18H,2-3,10-14H2,1H3,(H,33,37)(H2,30,31,32,34). The fourth-order valence-electron chi connectivity index (χ4n) is 5.73. The Labute approximate surface area is 218 Å². The third-order valence-corrected chi connectivity index (χ3v) is 7.81. The molecule has 2 saturated heterocycles. The summed E-state index contributed by atoms with van der Waals surface area (Å²) in [5.74, 6) is 2.55. The van der Waals surface area contributed by atoms with Gasteiger partial charge in [-0.25, -0.2) is 19.2 Å². The van der Waals surface area contributed by atoms with E-state index in [1.165, 1.54) is 25.5 Å². The minimum absolute atomic E-state index is 0.316. The molecule has 38 heavy (non-hydrogen) atoms. The number of hydrogen-bond donors (Lipinski definition) is 3. The molecule has 0 bridgehead atoms.